The van der Waals surface area contributed by atoms with E-state index in [1.807, 2.05) is 0 Å². The fourth-order valence-electron chi connectivity index (χ4n) is 3.78. The van der Waals surface area contributed by atoms with Gasteiger partial charge in [-0.05, 0) is 49.4 Å². The van der Waals surface area contributed by atoms with Gasteiger partial charge < -0.3 is 23.7 Å². The molecule has 0 fully saturated rings. The Hall–Kier alpha value is -4.67. The van der Waals surface area contributed by atoms with Gasteiger partial charge in [0.25, 0.3) is 5.91 Å². The first kappa shape index (κ1) is 33.2. The highest BCUT2D eigenvalue weighted by Crippen LogP contribution is 2.36. The molecule has 238 valence electrons. The van der Waals surface area contributed by atoms with E-state index in [0.29, 0.717) is 17.4 Å². The van der Waals surface area contributed by atoms with Gasteiger partial charge in [0, 0.05) is 25.0 Å². The Morgan fingerprint density at radius 1 is 0.956 bits per heavy atom. The highest BCUT2D eigenvalue weighted by atomic mass is 32.2. The number of sulfone groups is 1. The van der Waals surface area contributed by atoms with Crippen molar-refractivity contribution in [1.82, 2.24) is 4.98 Å². The van der Waals surface area contributed by atoms with Crippen LogP contribution in [0.5, 0.6) is 28.1 Å². The van der Waals surface area contributed by atoms with Gasteiger partial charge in [0.1, 0.15) is 28.9 Å². The van der Waals surface area contributed by atoms with E-state index in [2.05, 4.69) is 15.0 Å². The van der Waals surface area contributed by atoms with Crippen LogP contribution in [-0.4, -0.2) is 58.5 Å². The number of esters is 1. The molecule has 1 atom stereocenters. The molecule has 16 heteroatoms. The molecular formula is C29H25F3N2O9S2. The average Bonchev–Trinajstić information content (AvgIpc) is 3.43. The molecule has 0 radical (unpaired) electrons. The lowest BCUT2D eigenvalue weighted by molar-refractivity contribution is 0.0593. The highest BCUT2D eigenvalue weighted by Gasteiger charge is 2.26. The molecule has 1 aromatic heterocycles. The maximum absolute atomic E-state index is 14.7. The van der Waals surface area contributed by atoms with Crippen molar-refractivity contribution in [2.75, 3.05) is 32.4 Å². The van der Waals surface area contributed by atoms with E-state index in [9.17, 15) is 31.2 Å². The lowest BCUT2D eigenvalue weighted by Crippen LogP contribution is -2.18. The molecule has 45 heavy (non-hydrogen) atoms. The van der Waals surface area contributed by atoms with E-state index in [1.54, 1.807) is 6.92 Å². The summed E-state index contributed by atoms with van der Waals surface area (Å²) in [6.07, 6.45) is 1.70. The second kappa shape index (κ2) is 14.0. The van der Waals surface area contributed by atoms with Gasteiger partial charge in [-0.1, -0.05) is 11.3 Å². The number of halogens is 3. The Morgan fingerprint density at radius 2 is 1.64 bits per heavy atom. The number of amides is 1. The van der Waals surface area contributed by atoms with Crippen molar-refractivity contribution in [2.45, 2.75) is 17.9 Å². The van der Waals surface area contributed by atoms with Gasteiger partial charge in [0.2, 0.25) is 16.6 Å². The number of hydrogen-bond acceptors (Lipinski definition) is 11. The van der Waals surface area contributed by atoms with E-state index in [1.165, 1.54) is 49.6 Å². The quantitative estimate of drug-likeness (QED) is 0.141. The summed E-state index contributed by atoms with van der Waals surface area (Å²) in [5, 5.41) is 2.22. The summed E-state index contributed by atoms with van der Waals surface area (Å²) >= 11 is 0.660. The number of anilines is 1. The molecule has 4 rings (SSSR count). The minimum atomic E-state index is -3.42. The highest BCUT2D eigenvalue weighted by molar-refractivity contribution is 7.90. The fraction of sp³-hybridized carbons (Fsp3) is 0.207. The number of nitrogens with zero attached hydrogens (tertiary/aromatic N) is 1. The van der Waals surface area contributed by atoms with Crippen molar-refractivity contribution < 1.29 is 54.9 Å². The molecule has 4 aromatic rings. The normalized spacial score (nSPS) is 11.9. The molecule has 0 aliphatic rings. The van der Waals surface area contributed by atoms with Gasteiger partial charge in [-0.15, -0.1) is 0 Å². The van der Waals surface area contributed by atoms with Gasteiger partial charge in [-0.3, -0.25) is 10.1 Å². The fourth-order valence-corrected chi connectivity index (χ4v) is 5.09. The van der Waals surface area contributed by atoms with E-state index in [-0.39, 0.29) is 44.5 Å². The maximum Gasteiger partial charge on any atom is 0.341 e. The van der Waals surface area contributed by atoms with Crippen LogP contribution in [0.25, 0.3) is 0 Å². The number of rotatable bonds is 12. The standard InChI is InChI=1S/C29H25F3N2O9S2/c1-15(14-39-2)41-18-9-16(10-19(11-18)42-17-5-7-20(8-6-17)45(4,37)38)27(35)34-29-33-13-23(44-29)43-26-24(31)21(28(36)40-3)12-22(30)25(26)32/h5-13,15H,14H2,1-4H3,(H,33,34,35)/t15-/m0/s1. The van der Waals surface area contributed by atoms with Crippen molar-refractivity contribution >= 4 is 38.2 Å². The zero-order chi connectivity index (χ0) is 32.9. The summed E-state index contributed by atoms with van der Waals surface area (Å²) in [5.74, 6) is -7.14. The van der Waals surface area contributed by atoms with Crippen LogP contribution < -0.4 is 19.5 Å². The molecule has 1 N–H and O–H groups in total. The number of aromatic nitrogens is 1. The minimum absolute atomic E-state index is 0.0571. The molecular weight excluding hydrogens is 641 g/mol. The van der Waals surface area contributed by atoms with E-state index < -0.39 is 56.6 Å². The van der Waals surface area contributed by atoms with Gasteiger partial charge >= 0.3 is 5.97 Å². The number of benzene rings is 3. The number of methoxy groups -OCH3 is 2. The van der Waals surface area contributed by atoms with Gasteiger partial charge in [0.15, 0.2) is 26.6 Å². The van der Waals surface area contributed by atoms with Crippen molar-refractivity contribution in [3.8, 4) is 28.1 Å². The second-order valence-corrected chi connectivity index (χ2v) is 12.3. The Morgan fingerprint density at radius 3 is 2.29 bits per heavy atom. The largest absolute Gasteiger partial charge is 0.488 e. The lowest BCUT2D eigenvalue weighted by Gasteiger charge is -2.16. The van der Waals surface area contributed by atoms with Crippen LogP contribution in [0.1, 0.15) is 27.6 Å². The monoisotopic (exact) mass is 666 g/mol. The van der Waals surface area contributed by atoms with Crippen LogP contribution in [0.4, 0.5) is 18.3 Å². The minimum Gasteiger partial charge on any atom is -0.488 e. The van der Waals surface area contributed by atoms with Crippen LogP contribution in [0.15, 0.2) is 59.6 Å². The molecule has 1 heterocycles. The molecule has 0 bridgehead atoms. The molecule has 3 aromatic carbocycles. The maximum atomic E-state index is 14.7. The summed E-state index contributed by atoms with van der Waals surface area (Å²) in [6, 6.07) is 10.3. The van der Waals surface area contributed by atoms with Crippen molar-refractivity contribution in [3.05, 3.63) is 83.3 Å². The van der Waals surface area contributed by atoms with E-state index >= 15 is 0 Å². The van der Waals surface area contributed by atoms with Crippen molar-refractivity contribution in [2.24, 2.45) is 0 Å². The molecule has 0 saturated heterocycles. The molecule has 11 nitrogen and oxygen atoms in total. The Labute approximate surface area is 259 Å². The Kier molecular flexibility index (Phi) is 10.3. The SMILES string of the molecule is COC[C@H](C)Oc1cc(Oc2ccc(S(C)(=O)=O)cc2)cc(C(=O)Nc2ncc(Oc3c(F)c(F)cc(C(=O)OC)c3F)s2)c1. The summed E-state index contributed by atoms with van der Waals surface area (Å²) < 4.78 is 93.0. The first-order valence-electron chi connectivity index (χ1n) is 12.8. The number of hydrogen-bond donors (Lipinski definition) is 1. The average molecular weight is 667 g/mol. The van der Waals surface area contributed by atoms with Crippen molar-refractivity contribution in [1.29, 1.82) is 0 Å². The zero-order valence-corrected chi connectivity index (χ0v) is 25.7. The zero-order valence-electron chi connectivity index (χ0n) is 24.1. The third-order valence-electron chi connectivity index (χ3n) is 5.80. The molecule has 1 amide bonds. The third-order valence-corrected chi connectivity index (χ3v) is 7.72. The van der Waals surface area contributed by atoms with Crippen LogP contribution in [0, 0.1) is 17.5 Å². The first-order valence-corrected chi connectivity index (χ1v) is 15.5. The lowest BCUT2D eigenvalue weighted by atomic mass is 10.2. The first-order chi connectivity index (χ1) is 21.3. The number of carbonyl (C=O) groups excluding carboxylic acids is 2. The van der Waals surface area contributed by atoms with Crippen LogP contribution in [0.2, 0.25) is 0 Å². The smallest absolute Gasteiger partial charge is 0.341 e. The summed E-state index contributed by atoms with van der Waals surface area (Å²) in [4.78, 5) is 29.0. The van der Waals surface area contributed by atoms with Crippen LogP contribution in [-0.2, 0) is 19.3 Å². The molecule has 0 saturated carbocycles. The Bertz CT molecular complexity index is 1830. The van der Waals surface area contributed by atoms with Gasteiger partial charge in [0.05, 0.1) is 24.8 Å². The topological polar surface area (TPSA) is 139 Å². The summed E-state index contributed by atoms with van der Waals surface area (Å²) in [6.45, 7) is 1.99. The molecule has 0 unspecified atom stereocenters. The van der Waals surface area contributed by atoms with E-state index in [4.69, 9.17) is 18.9 Å². The predicted molar refractivity (Wildman–Crippen MR) is 156 cm³/mol. The summed E-state index contributed by atoms with van der Waals surface area (Å²) in [7, 11) is -0.980. The van der Waals surface area contributed by atoms with Crippen LogP contribution >= 0.6 is 11.3 Å². The summed E-state index contributed by atoms with van der Waals surface area (Å²) in [5.41, 5.74) is -0.821. The van der Waals surface area contributed by atoms with Crippen LogP contribution in [0.3, 0.4) is 0 Å². The second-order valence-electron chi connectivity index (χ2n) is 9.32. The third kappa shape index (κ3) is 8.29. The van der Waals surface area contributed by atoms with Gasteiger partial charge in [-0.2, -0.15) is 4.39 Å². The molecule has 0 aliphatic heterocycles. The Balaban J connectivity index is 1.57. The predicted octanol–water partition coefficient (Wildman–Crippen LogP) is 6.00. The van der Waals surface area contributed by atoms with Crippen molar-refractivity contribution in [3.63, 3.8) is 0 Å². The number of thiazole rings is 1. The number of carbonyl (C=O) groups is 2. The van der Waals surface area contributed by atoms with Gasteiger partial charge in [-0.25, -0.2) is 27.0 Å². The number of nitrogens with one attached hydrogen (secondary N) is 1. The molecule has 0 aliphatic carbocycles. The number of ether oxygens (including phenoxy) is 5. The molecule has 0 spiro atoms. The van der Waals surface area contributed by atoms with E-state index in [0.717, 1.165) is 19.6 Å².